The number of thiazole rings is 1. The Morgan fingerprint density at radius 1 is 1.12 bits per heavy atom. The van der Waals surface area contributed by atoms with Gasteiger partial charge in [0.2, 0.25) is 0 Å². The van der Waals surface area contributed by atoms with E-state index < -0.39 is 18.0 Å². The molecule has 1 N–H and O–H groups in total. The van der Waals surface area contributed by atoms with Crippen LogP contribution in [0, 0.1) is 0 Å². The summed E-state index contributed by atoms with van der Waals surface area (Å²) in [6.45, 7) is 6.26. The van der Waals surface area contributed by atoms with Crippen molar-refractivity contribution in [3.63, 3.8) is 0 Å². The fourth-order valence-electron chi connectivity index (χ4n) is 4.39. The van der Waals surface area contributed by atoms with E-state index in [0.717, 1.165) is 58.3 Å². The molecular formula is C26H26N4O3S. The van der Waals surface area contributed by atoms with Crippen molar-refractivity contribution in [1.82, 2.24) is 14.9 Å². The number of nitrogens with one attached hydrogen (secondary N) is 1. The number of aromatic nitrogens is 2. The lowest BCUT2D eigenvalue weighted by atomic mass is 9.95. The van der Waals surface area contributed by atoms with Gasteiger partial charge in [0, 0.05) is 36.2 Å². The van der Waals surface area contributed by atoms with E-state index in [2.05, 4.69) is 22.1 Å². The van der Waals surface area contributed by atoms with Gasteiger partial charge in [0.05, 0.1) is 21.3 Å². The van der Waals surface area contributed by atoms with Crippen molar-refractivity contribution in [2.75, 3.05) is 18.4 Å². The molecule has 0 radical (unpaired) electrons. The Kier molecular flexibility index (Phi) is 6.26. The van der Waals surface area contributed by atoms with E-state index in [1.165, 1.54) is 11.3 Å². The number of anilines is 1. The van der Waals surface area contributed by atoms with Gasteiger partial charge in [-0.15, -0.1) is 0 Å². The number of nitrogens with zero attached hydrogens (tertiary/aromatic N) is 3. The van der Waals surface area contributed by atoms with Crippen LogP contribution in [0.2, 0.25) is 0 Å². The molecule has 0 bridgehead atoms. The van der Waals surface area contributed by atoms with Crippen LogP contribution >= 0.6 is 11.3 Å². The maximum Gasteiger partial charge on any atom is 0.339 e. The van der Waals surface area contributed by atoms with Crippen LogP contribution in [0.15, 0.2) is 48.5 Å². The van der Waals surface area contributed by atoms with Crippen LogP contribution in [0.25, 0.3) is 21.1 Å². The zero-order valence-corrected chi connectivity index (χ0v) is 20.0. The number of fused-ring (bicyclic) bond motifs is 3. The van der Waals surface area contributed by atoms with Gasteiger partial charge in [0.15, 0.2) is 11.2 Å². The van der Waals surface area contributed by atoms with E-state index in [0.29, 0.717) is 17.2 Å². The Morgan fingerprint density at radius 3 is 2.68 bits per heavy atom. The monoisotopic (exact) mass is 474 g/mol. The minimum absolute atomic E-state index is 0.410. The van der Waals surface area contributed by atoms with E-state index in [1.54, 1.807) is 6.92 Å². The van der Waals surface area contributed by atoms with Crippen molar-refractivity contribution in [3.05, 3.63) is 65.4 Å². The molecule has 5 rings (SSSR count). The van der Waals surface area contributed by atoms with Crippen LogP contribution in [-0.2, 0) is 22.5 Å². The van der Waals surface area contributed by atoms with Gasteiger partial charge in [0.1, 0.15) is 0 Å². The molecule has 1 atom stereocenters. The van der Waals surface area contributed by atoms with Crippen molar-refractivity contribution in [2.24, 2.45) is 0 Å². The first-order valence-corrected chi connectivity index (χ1v) is 12.4. The van der Waals surface area contributed by atoms with Crippen LogP contribution in [-0.4, -0.2) is 45.9 Å². The molecular weight excluding hydrogens is 448 g/mol. The Labute approximate surface area is 201 Å². The lowest BCUT2D eigenvalue weighted by molar-refractivity contribution is -0.123. The normalized spacial score (nSPS) is 14.6. The highest BCUT2D eigenvalue weighted by atomic mass is 32.1. The number of rotatable bonds is 6. The van der Waals surface area contributed by atoms with Gasteiger partial charge < -0.3 is 4.74 Å². The molecule has 1 aliphatic rings. The number of benzene rings is 2. The number of ether oxygens (including phenoxy) is 1. The summed E-state index contributed by atoms with van der Waals surface area (Å²) in [6, 6.07) is 15.3. The third kappa shape index (κ3) is 4.38. The highest BCUT2D eigenvalue weighted by Crippen LogP contribution is 2.30. The van der Waals surface area contributed by atoms with Crippen molar-refractivity contribution in [1.29, 1.82) is 0 Å². The third-order valence-corrected chi connectivity index (χ3v) is 7.00. The van der Waals surface area contributed by atoms with E-state index >= 15 is 0 Å². The largest absolute Gasteiger partial charge is 0.449 e. The minimum Gasteiger partial charge on any atom is -0.449 e. The number of carbonyl (C=O) groups excluding carboxylic acids is 2. The summed E-state index contributed by atoms with van der Waals surface area (Å²) in [7, 11) is 0. The summed E-state index contributed by atoms with van der Waals surface area (Å²) in [5, 5.41) is 4.02. The first-order chi connectivity index (χ1) is 16.5. The van der Waals surface area contributed by atoms with Crippen LogP contribution < -0.4 is 5.32 Å². The van der Waals surface area contributed by atoms with Gasteiger partial charge in [0.25, 0.3) is 5.91 Å². The number of para-hydroxylation sites is 2. The van der Waals surface area contributed by atoms with E-state index in [-0.39, 0.29) is 0 Å². The van der Waals surface area contributed by atoms with Crippen molar-refractivity contribution in [3.8, 4) is 0 Å². The quantitative estimate of drug-likeness (QED) is 0.404. The topological polar surface area (TPSA) is 84.4 Å². The standard InChI is InChI=1S/C26H26N4O3S/c1-3-13-30-14-12-20-18(15-30)23(17-8-4-5-9-19(17)27-20)25(32)33-16(2)24(31)29-26-28-21-10-6-7-11-22(21)34-26/h4-11,16H,3,12-15H2,1-2H3,(H,28,29,31). The molecule has 1 aliphatic heterocycles. The summed E-state index contributed by atoms with van der Waals surface area (Å²) in [5.41, 5.74) is 3.94. The minimum atomic E-state index is -0.975. The van der Waals surface area contributed by atoms with Crippen LogP contribution in [0.4, 0.5) is 5.13 Å². The Morgan fingerprint density at radius 2 is 1.88 bits per heavy atom. The summed E-state index contributed by atoms with van der Waals surface area (Å²) >= 11 is 1.39. The summed E-state index contributed by atoms with van der Waals surface area (Å²) < 4.78 is 6.67. The molecule has 7 nitrogen and oxygen atoms in total. The molecule has 8 heteroatoms. The second-order valence-corrected chi connectivity index (χ2v) is 9.51. The number of amides is 1. The van der Waals surface area contributed by atoms with Gasteiger partial charge in [-0.2, -0.15) is 0 Å². The zero-order valence-electron chi connectivity index (χ0n) is 19.2. The molecule has 0 fully saturated rings. The fourth-order valence-corrected chi connectivity index (χ4v) is 5.26. The molecule has 2 aromatic heterocycles. The number of hydrogen-bond donors (Lipinski definition) is 1. The molecule has 0 aliphatic carbocycles. The average molecular weight is 475 g/mol. The number of hydrogen-bond acceptors (Lipinski definition) is 7. The second-order valence-electron chi connectivity index (χ2n) is 8.48. The maximum atomic E-state index is 13.4. The van der Waals surface area contributed by atoms with Crippen LogP contribution in [0.1, 0.15) is 41.9 Å². The molecule has 3 heterocycles. The molecule has 174 valence electrons. The molecule has 2 aromatic carbocycles. The second kappa shape index (κ2) is 9.48. The van der Waals surface area contributed by atoms with Gasteiger partial charge in [-0.3, -0.25) is 20.0 Å². The lowest BCUT2D eigenvalue weighted by Gasteiger charge is -2.29. The maximum absolute atomic E-state index is 13.4. The highest BCUT2D eigenvalue weighted by Gasteiger charge is 2.28. The first kappa shape index (κ1) is 22.4. The third-order valence-electron chi connectivity index (χ3n) is 6.05. The molecule has 0 saturated heterocycles. The van der Waals surface area contributed by atoms with Crippen molar-refractivity contribution >= 4 is 49.5 Å². The molecule has 1 amide bonds. The number of carbonyl (C=O) groups is 2. The van der Waals surface area contributed by atoms with Gasteiger partial charge in [-0.1, -0.05) is 48.6 Å². The van der Waals surface area contributed by atoms with Crippen molar-refractivity contribution in [2.45, 2.75) is 39.3 Å². The Balaban J connectivity index is 1.40. The highest BCUT2D eigenvalue weighted by molar-refractivity contribution is 7.22. The zero-order chi connectivity index (χ0) is 23.7. The summed E-state index contributed by atoms with van der Waals surface area (Å²) in [6.07, 6.45) is 0.852. The smallest absolute Gasteiger partial charge is 0.339 e. The molecule has 34 heavy (non-hydrogen) atoms. The fraction of sp³-hybridized carbons (Fsp3) is 0.308. The molecule has 4 aromatic rings. The SMILES string of the molecule is CCCN1CCc2nc3ccccc3c(C(=O)OC(C)C(=O)Nc3nc4ccccc4s3)c2C1. The predicted octanol–water partition coefficient (Wildman–Crippen LogP) is 4.80. The van der Waals surface area contributed by atoms with Gasteiger partial charge in [-0.05, 0) is 38.1 Å². The number of esters is 1. The van der Waals surface area contributed by atoms with Gasteiger partial charge >= 0.3 is 5.97 Å². The van der Waals surface area contributed by atoms with E-state index in [1.807, 2.05) is 48.5 Å². The first-order valence-electron chi connectivity index (χ1n) is 11.5. The average Bonchev–Trinajstić information content (AvgIpc) is 3.25. The van der Waals surface area contributed by atoms with E-state index in [4.69, 9.17) is 9.72 Å². The Hall–Kier alpha value is -3.36. The van der Waals surface area contributed by atoms with Crippen LogP contribution in [0.3, 0.4) is 0 Å². The molecule has 1 unspecified atom stereocenters. The summed E-state index contributed by atoms with van der Waals surface area (Å²) in [5.74, 6) is -0.910. The molecule has 0 spiro atoms. The molecule has 0 saturated carbocycles. The van der Waals surface area contributed by atoms with Gasteiger partial charge in [-0.25, -0.2) is 9.78 Å². The Bertz CT molecular complexity index is 1350. The van der Waals surface area contributed by atoms with Crippen LogP contribution in [0.5, 0.6) is 0 Å². The number of pyridine rings is 1. The predicted molar refractivity (Wildman–Crippen MR) is 134 cm³/mol. The van der Waals surface area contributed by atoms with E-state index in [9.17, 15) is 9.59 Å². The summed E-state index contributed by atoms with van der Waals surface area (Å²) in [4.78, 5) is 37.8. The lowest BCUT2D eigenvalue weighted by Crippen LogP contribution is -2.34. The van der Waals surface area contributed by atoms with Crippen molar-refractivity contribution < 1.29 is 14.3 Å².